The molecule has 2 amide bonds. The lowest BCUT2D eigenvalue weighted by Gasteiger charge is -2.24. The quantitative estimate of drug-likeness (QED) is 0.738. The van der Waals surface area contributed by atoms with Crippen LogP contribution in [0.5, 0.6) is 0 Å². The first-order chi connectivity index (χ1) is 15.7. The molecule has 6 nitrogen and oxygen atoms in total. The third-order valence-electron chi connectivity index (χ3n) is 6.27. The van der Waals surface area contributed by atoms with Crippen molar-refractivity contribution in [3.8, 4) is 6.07 Å². The van der Waals surface area contributed by atoms with Gasteiger partial charge in [0.2, 0.25) is 5.91 Å². The molecule has 1 aliphatic heterocycles. The highest BCUT2D eigenvalue weighted by atomic mass is 16.2. The predicted octanol–water partition coefficient (Wildman–Crippen LogP) is 2.29. The van der Waals surface area contributed by atoms with Crippen LogP contribution in [0.25, 0.3) is 0 Å². The van der Waals surface area contributed by atoms with E-state index in [1.165, 1.54) is 16.0 Å². The maximum Gasteiger partial charge on any atom is 0.251 e. The van der Waals surface area contributed by atoms with Gasteiger partial charge in [-0.3, -0.25) is 9.59 Å². The van der Waals surface area contributed by atoms with Gasteiger partial charge in [-0.1, -0.05) is 45.0 Å². The molecule has 33 heavy (non-hydrogen) atoms. The van der Waals surface area contributed by atoms with E-state index in [-0.39, 0.29) is 17.2 Å². The molecule has 3 rings (SSSR count). The molecule has 0 aliphatic carbocycles. The molecule has 1 fully saturated rings. The zero-order chi connectivity index (χ0) is 24.0. The SMILES string of the molecule is CC(NC(=O)c1ccc(C(C)(C)C)cc1)C(=O)N1CCC[NH+](Cc2ccc(C#N)cc2)CC1. The van der Waals surface area contributed by atoms with Crippen LogP contribution >= 0.6 is 0 Å². The second-order valence-corrected chi connectivity index (χ2v) is 9.94. The highest BCUT2D eigenvalue weighted by Gasteiger charge is 2.26. The summed E-state index contributed by atoms with van der Waals surface area (Å²) in [5, 5.41) is 11.8. The fraction of sp³-hybridized carbons (Fsp3) is 0.444. The lowest BCUT2D eigenvalue weighted by Crippen LogP contribution is -3.11. The molecule has 1 aliphatic rings. The Labute approximate surface area is 197 Å². The van der Waals surface area contributed by atoms with E-state index >= 15 is 0 Å². The molecule has 0 radical (unpaired) electrons. The molecule has 2 aromatic rings. The van der Waals surface area contributed by atoms with Crippen LogP contribution in [0.2, 0.25) is 0 Å². The average molecular weight is 448 g/mol. The van der Waals surface area contributed by atoms with Crippen molar-refractivity contribution in [1.29, 1.82) is 5.26 Å². The minimum atomic E-state index is -0.570. The van der Waals surface area contributed by atoms with Crippen molar-refractivity contribution < 1.29 is 14.5 Å². The lowest BCUT2D eigenvalue weighted by atomic mass is 9.86. The van der Waals surface area contributed by atoms with Crippen LogP contribution in [0.1, 0.15) is 61.2 Å². The Morgan fingerprint density at radius 3 is 2.33 bits per heavy atom. The van der Waals surface area contributed by atoms with Gasteiger partial charge in [0.25, 0.3) is 5.91 Å². The smallest absolute Gasteiger partial charge is 0.251 e. The van der Waals surface area contributed by atoms with Crippen molar-refractivity contribution in [2.45, 2.75) is 52.1 Å². The van der Waals surface area contributed by atoms with Crippen LogP contribution in [0, 0.1) is 11.3 Å². The van der Waals surface area contributed by atoms with Crippen molar-refractivity contribution in [3.63, 3.8) is 0 Å². The zero-order valence-corrected chi connectivity index (χ0v) is 20.1. The van der Waals surface area contributed by atoms with Crippen molar-refractivity contribution in [1.82, 2.24) is 10.2 Å². The first-order valence-corrected chi connectivity index (χ1v) is 11.7. The van der Waals surface area contributed by atoms with E-state index in [1.807, 2.05) is 53.4 Å². The van der Waals surface area contributed by atoms with Gasteiger partial charge in [0.15, 0.2) is 0 Å². The van der Waals surface area contributed by atoms with Gasteiger partial charge < -0.3 is 15.1 Å². The van der Waals surface area contributed by atoms with Gasteiger partial charge in [-0.15, -0.1) is 0 Å². The van der Waals surface area contributed by atoms with Gasteiger partial charge in [-0.2, -0.15) is 5.26 Å². The van der Waals surface area contributed by atoms with E-state index in [4.69, 9.17) is 5.26 Å². The van der Waals surface area contributed by atoms with E-state index in [2.05, 4.69) is 32.2 Å². The average Bonchev–Trinajstić information content (AvgIpc) is 3.04. The summed E-state index contributed by atoms with van der Waals surface area (Å²) in [6.07, 6.45) is 0.923. The largest absolute Gasteiger partial charge is 0.341 e. The number of amides is 2. The fourth-order valence-electron chi connectivity index (χ4n) is 4.17. The molecule has 2 aromatic carbocycles. The molecule has 2 unspecified atom stereocenters. The van der Waals surface area contributed by atoms with Gasteiger partial charge in [0.1, 0.15) is 12.6 Å². The van der Waals surface area contributed by atoms with Crippen LogP contribution in [-0.2, 0) is 16.8 Å². The summed E-state index contributed by atoms with van der Waals surface area (Å²) in [4.78, 5) is 29.0. The van der Waals surface area contributed by atoms with Crippen molar-refractivity contribution in [3.05, 3.63) is 70.8 Å². The minimum absolute atomic E-state index is 0.0288. The number of nitriles is 1. The van der Waals surface area contributed by atoms with Gasteiger partial charge >= 0.3 is 0 Å². The molecule has 0 spiro atoms. The number of carbonyl (C=O) groups is 2. The Morgan fingerprint density at radius 2 is 1.73 bits per heavy atom. The van der Waals surface area contributed by atoms with Gasteiger partial charge in [-0.05, 0) is 42.2 Å². The van der Waals surface area contributed by atoms with E-state index < -0.39 is 6.04 Å². The Morgan fingerprint density at radius 1 is 1.06 bits per heavy atom. The molecule has 0 saturated carbocycles. The molecule has 2 atom stereocenters. The molecule has 0 bridgehead atoms. The van der Waals surface area contributed by atoms with Crippen LogP contribution in [-0.4, -0.2) is 48.9 Å². The first-order valence-electron chi connectivity index (χ1n) is 11.7. The third-order valence-corrected chi connectivity index (χ3v) is 6.27. The molecular formula is C27H35N4O2+. The van der Waals surface area contributed by atoms with Gasteiger partial charge in [-0.25, -0.2) is 0 Å². The summed E-state index contributed by atoms with van der Waals surface area (Å²) in [6, 6.07) is 16.9. The maximum absolute atomic E-state index is 13.0. The lowest BCUT2D eigenvalue weighted by molar-refractivity contribution is -0.911. The van der Waals surface area contributed by atoms with E-state index in [0.717, 1.165) is 26.1 Å². The molecule has 1 saturated heterocycles. The van der Waals surface area contributed by atoms with Crippen LogP contribution in [0.15, 0.2) is 48.5 Å². The number of nitrogens with one attached hydrogen (secondary N) is 2. The molecule has 0 aromatic heterocycles. The number of carbonyl (C=O) groups excluding carboxylic acids is 2. The molecule has 1 heterocycles. The number of benzene rings is 2. The topological polar surface area (TPSA) is 77.6 Å². The number of hydrogen-bond donors (Lipinski definition) is 2. The molecule has 6 heteroatoms. The Kier molecular flexibility index (Phi) is 7.88. The Hall–Kier alpha value is -3.17. The number of quaternary nitrogens is 1. The summed E-state index contributed by atoms with van der Waals surface area (Å²) in [7, 11) is 0. The number of rotatable bonds is 5. The van der Waals surface area contributed by atoms with Crippen LogP contribution in [0.3, 0.4) is 0 Å². The minimum Gasteiger partial charge on any atom is -0.341 e. The van der Waals surface area contributed by atoms with E-state index in [0.29, 0.717) is 24.2 Å². The van der Waals surface area contributed by atoms with Crippen molar-refractivity contribution in [2.75, 3.05) is 26.2 Å². The second kappa shape index (κ2) is 10.6. The molecule has 2 N–H and O–H groups in total. The van der Waals surface area contributed by atoms with E-state index in [1.54, 1.807) is 6.92 Å². The fourth-order valence-corrected chi connectivity index (χ4v) is 4.17. The zero-order valence-electron chi connectivity index (χ0n) is 20.1. The molecular weight excluding hydrogens is 412 g/mol. The van der Waals surface area contributed by atoms with E-state index in [9.17, 15) is 9.59 Å². The highest BCUT2D eigenvalue weighted by molar-refractivity contribution is 5.97. The maximum atomic E-state index is 13.0. The summed E-state index contributed by atoms with van der Waals surface area (Å²) < 4.78 is 0. The predicted molar refractivity (Wildman–Crippen MR) is 129 cm³/mol. The first kappa shape index (κ1) is 24.5. The van der Waals surface area contributed by atoms with Gasteiger partial charge in [0.05, 0.1) is 31.3 Å². The van der Waals surface area contributed by atoms with Crippen LogP contribution in [0.4, 0.5) is 0 Å². The third kappa shape index (κ3) is 6.66. The normalized spacial score (nSPS) is 17.5. The summed E-state index contributed by atoms with van der Waals surface area (Å²) >= 11 is 0. The van der Waals surface area contributed by atoms with Gasteiger partial charge in [0, 0.05) is 24.1 Å². The number of hydrogen-bond acceptors (Lipinski definition) is 3. The van der Waals surface area contributed by atoms with Crippen molar-refractivity contribution >= 4 is 11.8 Å². The summed E-state index contributed by atoms with van der Waals surface area (Å²) in [6.45, 7) is 12.3. The monoisotopic (exact) mass is 447 g/mol. The Balaban J connectivity index is 1.52. The summed E-state index contributed by atoms with van der Waals surface area (Å²) in [5.74, 6) is -0.256. The Bertz CT molecular complexity index is 1000. The summed E-state index contributed by atoms with van der Waals surface area (Å²) in [5.41, 5.74) is 3.63. The van der Waals surface area contributed by atoms with Crippen molar-refractivity contribution in [2.24, 2.45) is 0 Å². The molecule has 174 valence electrons. The standard InChI is InChI=1S/C27H34N4O2/c1-20(29-25(32)23-10-12-24(13-11-23)27(2,3)4)26(33)31-15-5-14-30(16-17-31)19-22-8-6-21(18-28)7-9-22/h6-13,20H,5,14-17,19H2,1-4H3,(H,29,32)/p+1. The highest BCUT2D eigenvalue weighted by Crippen LogP contribution is 2.22. The number of nitrogens with zero attached hydrogens (tertiary/aromatic N) is 2. The second-order valence-electron chi connectivity index (χ2n) is 9.94. The van der Waals surface area contributed by atoms with Crippen LogP contribution < -0.4 is 10.2 Å².